The molecule has 0 aliphatic heterocycles. The number of carbonyl (C=O) groups is 1. The van der Waals surface area contributed by atoms with Crippen LogP contribution in [0.4, 0.5) is 10.8 Å². The number of rotatable bonds is 11. The Bertz CT molecular complexity index is 986. The highest BCUT2D eigenvalue weighted by atomic mass is 32.1. The predicted octanol–water partition coefficient (Wildman–Crippen LogP) is 4.79. The maximum absolute atomic E-state index is 12.5. The van der Waals surface area contributed by atoms with Crippen LogP contribution in [0.3, 0.4) is 0 Å². The minimum absolute atomic E-state index is 0.179. The highest BCUT2D eigenvalue weighted by molar-refractivity contribution is 7.15. The molecule has 2 aromatic heterocycles. The molecule has 10 heteroatoms. The zero-order valence-corrected chi connectivity index (χ0v) is 17.6. The fourth-order valence-electron chi connectivity index (χ4n) is 3.06. The molecule has 3 rings (SSSR count). The van der Waals surface area contributed by atoms with Crippen LogP contribution in [0.25, 0.3) is 5.69 Å². The molecule has 3 aromatic rings. The molecule has 1 amide bonds. The van der Waals surface area contributed by atoms with E-state index >= 15 is 0 Å². The van der Waals surface area contributed by atoms with Crippen molar-refractivity contribution < 1.29 is 9.72 Å². The van der Waals surface area contributed by atoms with Gasteiger partial charge in [-0.05, 0) is 18.6 Å². The van der Waals surface area contributed by atoms with Crippen molar-refractivity contribution in [2.75, 3.05) is 5.32 Å². The smallest absolute Gasteiger partial charge is 0.294 e. The van der Waals surface area contributed by atoms with E-state index in [4.69, 9.17) is 0 Å². The van der Waals surface area contributed by atoms with Crippen LogP contribution >= 0.6 is 11.3 Å². The maximum Gasteiger partial charge on any atom is 0.294 e. The molecule has 0 saturated heterocycles. The Balaban J connectivity index is 1.60. The number of amides is 1. The average molecular weight is 429 g/mol. The molecule has 30 heavy (non-hydrogen) atoms. The van der Waals surface area contributed by atoms with Crippen LogP contribution in [0.2, 0.25) is 0 Å². The van der Waals surface area contributed by atoms with E-state index in [0.29, 0.717) is 10.8 Å². The summed E-state index contributed by atoms with van der Waals surface area (Å²) in [4.78, 5) is 27.4. The van der Waals surface area contributed by atoms with Crippen LogP contribution in [0.5, 0.6) is 0 Å². The maximum atomic E-state index is 12.5. The summed E-state index contributed by atoms with van der Waals surface area (Å²) >= 11 is 1.34. The summed E-state index contributed by atoms with van der Waals surface area (Å²) in [5.74, 6) is -0.461. The first-order valence-corrected chi connectivity index (χ1v) is 10.8. The van der Waals surface area contributed by atoms with Gasteiger partial charge in [0.05, 0.1) is 11.3 Å². The van der Waals surface area contributed by atoms with Crippen molar-refractivity contribution in [2.24, 2.45) is 0 Å². The largest absolute Gasteiger partial charge is 0.300 e. The molecule has 2 heterocycles. The van der Waals surface area contributed by atoms with Gasteiger partial charge in [0.2, 0.25) is 5.13 Å². The van der Waals surface area contributed by atoms with Gasteiger partial charge >= 0.3 is 0 Å². The highest BCUT2D eigenvalue weighted by Crippen LogP contribution is 2.25. The fourth-order valence-corrected chi connectivity index (χ4v) is 3.84. The van der Waals surface area contributed by atoms with Gasteiger partial charge in [0, 0.05) is 30.4 Å². The Labute approximate surface area is 178 Å². The number of benzene rings is 1. The number of nitro groups is 1. The molecule has 1 N–H and O–H groups in total. The minimum atomic E-state index is -0.518. The average Bonchev–Trinajstić information content (AvgIpc) is 3.42. The van der Waals surface area contributed by atoms with Crippen molar-refractivity contribution in [2.45, 2.75) is 51.9 Å². The zero-order valence-electron chi connectivity index (χ0n) is 16.8. The first kappa shape index (κ1) is 21.6. The second kappa shape index (κ2) is 10.6. The quantitative estimate of drug-likeness (QED) is 0.267. The van der Waals surface area contributed by atoms with Crippen molar-refractivity contribution in [1.82, 2.24) is 19.7 Å². The van der Waals surface area contributed by atoms with Crippen LogP contribution in [-0.2, 0) is 6.42 Å². The topological polar surface area (TPSA) is 116 Å². The number of unbranched alkanes of at least 4 members (excludes halogenated alkanes) is 5. The Morgan fingerprint density at radius 3 is 2.73 bits per heavy atom. The van der Waals surface area contributed by atoms with Gasteiger partial charge in [-0.2, -0.15) is 0 Å². The molecule has 158 valence electrons. The summed E-state index contributed by atoms with van der Waals surface area (Å²) in [6.45, 7) is 2.20. The van der Waals surface area contributed by atoms with Gasteiger partial charge in [-0.25, -0.2) is 4.98 Å². The monoisotopic (exact) mass is 428 g/mol. The first-order chi connectivity index (χ1) is 14.6. The predicted molar refractivity (Wildman–Crippen MR) is 115 cm³/mol. The molecule has 0 unspecified atom stereocenters. The summed E-state index contributed by atoms with van der Waals surface area (Å²) < 4.78 is 1.53. The molecule has 9 nitrogen and oxygen atoms in total. The normalized spacial score (nSPS) is 10.8. The lowest BCUT2D eigenvalue weighted by Crippen LogP contribution is -2.12. The van der Waals surface area contributed by atoms with Crippen LogP contribution < -0.4 is 5.32 Å². The van der Waals surface area contributed by atoms with Crippen molar-refractivity contribution >= 4 is 28.1 Å². The lowest BCUT2D eigenvalue weighted by Gasteiger charge is -2.06. The Morgan fingerprint density at radius 1 is 1.20 bits per heavy atom. The molecule has 0 bridgehead atoms. The van der Waals surface area contributed by atoms with Crippen molar-refractivity contribution in [3.8, 4) is 5.69 Å². The van der Waals surface area contributed by atoms with E-state index < -0.39 is 10.8 Å². The van der Waals surface area contributed by atoms with Crippen molar-refractivity contribution in [3.63, 3.8) is 0 Å². The third kappa shape index (κ3) is 5.69. The van der Waals surface area contributed by atoms with E-state index in [1.807, 2.05) is 0 Å². The van der Waals surface area contributed by atoms with Crippen LogP contribution in [0.15, 0.2) is 36.9 Å². The van der Waals surface area contributed by atoms with E-state index in [0.717, 1.165) is 24.3 Å². The number of nitro benzene ring substituents is 1. The van der Waals surface area contributed by atoms with Gasteiger partial charge in [-0.3, -0.25) is 20.2 Å². The lowest BCUT2D eigenvalue weighted by molar-refractivity contribution is -0.384. The summed E-state index contributed by atoms with van der Waals surface area (Å²) in [7, 11) is 0. The van der Waals surface area contributed by atoms with Crippen molar-refractivity contribution in [1.29, 1.82) is 0 Å². The molecule has 1 aromatic carbocycles. The first-order valence-electron chi connectivity index (χ1n) is 9.99. The Morgan fingerprint density at radius 2 is 2.00 bits per heavy atom. The molecule has 0 aliphatic carbocycles. The molecule has 0 atom stereocenters. The standard InChI is InChI=1S/C20H24N6O3S/c1-2-3-4-5-6-7-8-18-23-24-20(30-18)22-19(27)15-9-10-16(17(13-15)26(28)29)25-12-11-21-14-25/h9-14H,2-8H2,1H3,(H,22,24,27). The number of nitrogens with one attached hydrogen (secondary N) is 1. The number of hydrogen-bond acceptors (Lipinski definition) is 7. The number of carbonyl (C=O) groups excluding carboxylic acids is 1. The van der Waals surface area contributed by atoms with Gasteiger partial charge in [-0.15, -0.1) is 10.2 Å². The molecule has 0 fully saturated rings. The third-order valence-corrected chi connectivity index (χ3v) is 5.55. The zero-order chi connectivity index (χ0) is 21.3. The number of imidazole rings is 1. The molecule has 0 aliphatic rings. The van der Waals surface area contributed by atoms with Crippen LogP contribution in [-0.4, -0.2) is 30.6 Å². The summed E-state index contributed by atoms with van der Waals surface area (Å²) in [6, 6.07) is 4.32. The van der Waals surface area contributed by atoms with E-state index in [-0.39, 0.29) is 11.3 Å². The number of aryl methyl sites for hydroxylation is 1. The van der Waals surface area contributed by atoms with Gasteiger partial charge in [0.25, 0.3) is 11.6 Å². The van der Waals surface area contributed by atoms with Gasteiger partial charge in [-0.1, -0.05) is 50.4 Å². The van der Waals surface area contributed by atoms with E-state index in [1.54, 1.807) is 6.20 Å². The van der Waals surface area contributed by atoms with E-state index in [2.05, 4.69) is 27.4 Å². The van der Waals surface area contributed by atoms with Crippen LogP contribution in [0.1, 0.15) is 60.8 Å². The molecule has 0 radical (unpaired) electrons. The molecule has 0 saturated carbocycles. The number of nitrogens with zero attached hydrogens (tertiary/aromatic N) is 5. The SMILES string of the molecule is CCCCCCCCc1nnc(NC(=O)c2ccc(-n3ccnc3)c([N+](=O)[O-])c2)s1. The molecular formula is C20H24N6O3S. The summed E-state index contributed by atoms with van der Waals surface area (Å²) in [6.07, 6.45) is 12.6. The van der Waals surface area contributed by atoms with Gasteiger partial charge in [0.1, 0.15) is 10.7 Å². The Kier molecular flexibility index (Phi) is 7.61. The summed E-state index contributed by atoms with van der Waals surface area (Å²) in [5, 5.41) is 23.5. The minimum Gasteiger partial charge on any atom is -0.300 e. The summed E-state index contributed by atoms with van der Waals surface area (Å²) in [5.41, 5.74) is 0.339. The second-order valence-corrected chi connectivity index (χ2v) is 7.97. The van der Waals surface area contributed by atoms with Gasteiger partial charge in [0.15, 0.2) is 0 Å². The second-order valence-electron chi connectivity index (χ2n) is 6.90. The van der Waals surface area contributed by atoms with Crippen LogP contribution in [0, 0.1) is 10.1 Å². The fraction of sp³-hybridized carbons (Fsp3) is 0.400. The number of aromatic nitrogens is 4. The lowest BCUT2D eigenvalue weighted by atomic mass is 10.1. The van der Waals surface area contributed by atoms with Crippen molar-refractivity contribution in [3.05, 3.63) is 57.6 Å². The van der Waals surface area contributed by atoms with Gasteiger partial charge < -0.3 is 4.57 Å². The van der Waals surface area contributed by atoms with E-state index in [9.17, 15) is 14.9 Å². The molecule has 0 spiro atoms. The number of anilines is 1. The number of hydrogen-bond donors (Lipinski definition) is 1. The Hall–Kier alpha value is -3.14. The third-order valence-electron chi connectivity index (χ3n) is 4.65. The highest BCUT2D eigenvalue weighted by Gasteiger charge is 2.19. The molecular weight excluding hydrogens is 404 g/mol. The van der Waals surface area contributed by atoms with E-state index in [1.165, 1.54) is 72.3 Å².